The molecule has 0 unspecified atom stereocenters. The van der Waals surface area contributed by atoms with E-state index < -0.39 is 22.5 Å². The minimum atomic E-state index is -4.08. The molecule has 0 bridgehead atoms. The third-order valence-corrected chi connectivity index (χ3v) is 6.70. The average molecular weight is 490 g/mol. The number of nitrogens with zero attached hydrogens (tertiary/aromatic N) is 2. The highest BCUT2D eigenvalue weighted by Gasteiger charge is 2.27. The molecule has 1 N–H and O–H groups in total. The quantitative estimate of drug-likeness (QED) is 0.376. The van der Waals surface area contributed by atoms with Gasteiger partial charge in [0.1, 0.15) is 6.54 Å². The fourth-order valence-electron chi connectivity index (χ4n) is 2.93. The maximum atomic E-state index is 13.4. The lowest BCUT2D eigenvalue weighted by Gasteiger charge is -2.24. The van der Waals surface area contributed by atoms with E-state index in [1.807, 2.05) is 38.1 Å². The zero-order valence-electron chi connectivity index (χ0n) is 17.4. The van der Waals surface area contributed by atoms with Crippen LogP contribution in [0.2, 0.25) is 10.0 Å². The Morgan fingerprint density at radius 1 is 0.969 bits per heavy atom. The molecule has 32 heavy (non-hydrogen) atoms. The number of benzene rings is 3. The highest BCUT2D eigenvalue weighted by Crippen LogP contribution is 2.29. The van der Waals surface area contributed by atoms with Gasteiger partial charge in [0.2, 0.25) is 0 Å². The van der Waals surface area contributed by atoms with Gasteiger partial charge in [0.05, 0.1) is 16.8 Å². The van der Waals surface area contributed by atoms with Gasteiger partial charge in [-0.25, -0.2) is 13.8 Å². The number of rotatable bonds is 7. The number of anilines is 1. The van der Waals surface area contributed by atoms with Crippen LogP contribution in [-0.4, -0.2) is 27.1 Å². The second-order valence-corrected chi connectivity index (χ2v) is 9.89. The van der Waals surface area contributed by atoms with Crippen molar-refractivity contribution in [1.29, 1.82) is 0 Å². The molecule has 0 saturated heterocycles. The molecule has 1 amide bonds. The number of amides is 1. The fraction of sp³-hybridized carbons (Fsp3) is 0.130. The topological polar surface area (TPSA) is 78.8 Å². The van der Waals surface area contributed by atoms with Crippen LogP contribution >= 0.6 is 23.2 Å². The number of hydrogen-bond acceptors (Lipinski definition) is 4. The summed E-state index contributed by atoms with van der Waals surface area (Å²) in [6.07, 6.45) is 1.49. The third-order valence-electron chi connectivity index (χ3n) is 4.48. The standard InChI is InChI=1S/C23H21Cl2N3O3S/c1-16-6-8-22(9-7-16)32(30,31)28(21-12-19(24)11-20(25)13-21)15-23(29)27-26-14-18-5-3-4-17(2)10-18/h3-14H,15H2,1-2H3,(H,27,29)/b26-14-. The van der Waals surface area contributed by atoms with Crippen LogP contribution in [0.25, 0.3) is 0 Å². The van der Waals surface area contributed by atoms with E-state index >= 15 is 0 Å². The first-order valence-electron chi connectivity index (χ1n) is 9.59. The molecule has 0 aliphatic heterocycles. The van der Waals surface area contributed by atoms with Crippen LogP contribution in [0.1, 0.15) is 16.7 Å². The van der Waals surface area contributed by atoms with E-state index in [1.165, 1.54) is 36.5 Å². The summed E-state index contributed by atoms with van der Waals surface area (Å²) in [5.74, 6) is -0.624. The van der Waals surface area contributed by atoms with Gasteiger partial charge < -0.3 is 0 Å². The minimum absolute atomic E-state index is 0.0373. The Morgan fingerprint density at radius 2 is 1.62 bits per heavy atom. The van der Waals surface area contributed by atoms with Crippen LogP contribution in [0.5, 0.6) is 0 Å². The first kappa shape index (κ1) is 23.8. The highest BCUT2D eigenvalue weighted by atomic mass is 35.5. The second kappa shape index (κ2) is 10.2. The van der Waals surface area contributed by atoms with Gasteiger partial charge in [-0.1, -0.05) is 70.7 Å². The largest absolute Gasteiger partial charge is 0.271 e. The van der Waals surface area contributed by atoms with Crippen molar-refractivity contribution in [3.8, 4) is 0 Å². The Bertz CT molecular complexity index is 1240. The molecule has 0 saturated carbocycles. The van der Waals surface area contributed by atoms with Gasteiger partial charge in [-0.05, 0) is 49.7 Å². The van der Waals surface area contributed by atoms with Crippen LogP contribution in [0, 0.1) is 13.8 Å². The summed E-state index contributed by atoms with van der Waals surface area (Å²) in [6, 6.07) is 18.2. The third kappa shape index (κ3) is 6.09. The van der Waals surface area contributed by atoms with Gasteiger partial charge in [0.15, 0.2) is 0 Å². The number of halogens is 2. The van der Waals surface area contributed by atoms with Gasteiger partial charge in [-0.15, -0.1) is 0 Å². The van der Waals surface area contributed by atoms with Crippen molar-refractivity contribution in [3.05, 3.63) is 93.5 Å². The van der Waals surface area contributed by atoms with Crippen LogP contribution in [0.3, 0.4) is 0 Å². The van der Waals surface area contributed by atoms with Crippen molar-refractivity contribution in [3.63, 3.8) is 0 Å². The zero-order valence-corrected chi connectivity index (χ0v) is 19.7. The predicted octanol–water partition coefficient (Wildman–Crippen LogP) is 4.96. The van der Waals surface area contributed by atoms with E-state index in [9.17, 15) is 13.2 Å². The number of hydrazone groups is 1. The first-order chi connectivity index (χ1) is 15.1. The van der Waals surface area contributed by atoms with Gasteiger partial charge in [0.25, 0.3) is 15.9 Å². The molecule has 0 fully saturated rings. The first-order valence-corrected chi connectivity index (χ1v) is 11.8. The van der Waals surface area contributed by atoms with E-state index in [2.05, 4.69) is 10.5 Å². The summed E-state index contributed by atoms with van der Waals surface area (Å²) in [5.41, 5.74) is 5.30. The summed E-state index contributed by atoms with van der Waals surface area (Å²) in [6.45, 7) is 3.28. The Balaban J connectivity index is 1.88. The van der Waals surface area contributed by atoms with Crippen molar-refractivity contribution in [2.45, 2.75) is 18.7 Å². The van der Waals surface area contributed by atoms with Crippen molar-refractivity contribution >= 4 is 51.0 Å². The van der Waals surface area contributed by atoms with E-state index in [-0.39, 0.29) is 20.6 Å². The molecule has 6 nitrogen and oxygen atoms in total. The number of hydrogen-bond donors (Lipinski definition) is 1. The lowest BCUT2D eigenvalue weighted by molar-refractivity contribution is -0.119. The summed E-state index contributed by atoms with van der Waals surface area (Å²) >= 11 is 12.2. The Kier molecular flexibility index (Phi) is 7.56. The molecule has 0 aliphatic carbocycles. The molecular formula is C23H21Cl2N3O3S. The van der Waals surface area contributed by atoms with E-state index in [1.54, 1.807) is 12.1 Å². The smallest absolute Gasteiger partial charge is 0.264 e. The molecule has 3 aromatic carbocycles. The number of aryl methyl sites for hydroxylation is 2. The number of sulfonamides is 1. The summed E-state index contributed by atoms with van der Waals surface area (Å²) in [4.78, 5) is 12.6. The van der Waals surface area contributed by atoms with E-state index in [4.69, 9.17) is 23.2 Å². The van der Waals surface area contributed by atoms with Crippen molar-refractivity contribution in [2.75, 3.05) is 10.8 Å². The molecule has 3 aromatic rings. The molecule has 0 spiro atoms. The second-order valence-electron chi connectivity index (χ2n) is 7.16. The molecule has 0 atom stereocenters. The molecule has 166 valence electrons. The number of nitrogens with one attached hydrogen (secondary N) is 1. The Hall–Kier alpha value is -2.87. The molecule has 9 heteroatoms. The maximum absolute atomic E-state index is 13.4. The monoisotopic (exact) mass is 489 g/mol. The normalized spacial score (nSPS) is 11.5. The average Bonchev–Trinajstić information content (AvgIpc) is 2.71. The summed E-state index contributed by atoms with van der Waals surface area (Å²) in [5, 5.41) is 4.42. The molecular weight excluding hydrogens is 469 g/mol. The number of carbonyl (C=O) groups excluding carboxylic acids is 1. The van der Waals surface area contributed by atoms with E-state index in [0.29, 0.717) is 0 Å². The molecule has 3 rings (SSSR count). The maximum Gasteiger partial charge on any atom is 0.264 e. The highest BCUT2D eigenvalue weighted by molar-refractivity contribution is 7.92. The number of carbonyl (C=O) groups is 1. The molecule has 0 heterocycles. The lowest BCUT2D eigenvalue weighted by Crippen LogP contribution is -2.39. The minimum Gasteiger partial charge on any atom is -0.271 e. The van der Waals surface area contributed by atoms with Gasteiger partial charge in [-0.3, -0.25) is 9.10 Å². The van der Waals surface area contributed by atoms with Crippen molar-refractivity contribution < 1.29 is 13.2 Å². The zero-order chi connectivity index (χ0) is 23.3. The lowest BCUT2D eigenvalue weighted by atomic mass is 10.2. The SMILES string of the molecule is Cc1ccc(S(=O)(=O)N(CC(=O)N/N=C\c2cccc(C)c2)c2cc(Cl)cc(Cl)c2)cc1. The Morgan fingerprint density at radius 3 is 2.25 bits per heavy atom. The van der Waals surface area contributed by atoms with E-state index in [0.717, 1.165) is 21.0 Å². The van der Waals surface area contributed by atoms with Crippen molar-refractivity contribution in [2.24, 2.45) is 5.10 Å². The Labute approximate surface area is 197 Å². The molecule has 0 aliphatic rings. The van der Waals surface area contributed by atoms with Crippen molar-refractivity contribution in [1.82, 2.24) is 5.43 Å². The van der Waals surface area contributed by atoms with Crippen LogP contribution in [0.4, 0.5) is 5.69 Å². The van der Waals surface area contributed by atoms with Gasteiger partial charge in [0, 0.05) is 10.0 Å². The van der Waals surface area contributed by atoms with Gasteiger partial charge >= 0.3 is 0 Å². The molecule has 0 radical (unpaired) electrons. The summed E-state index contributed by atoms with van der Waals surface area (Å²) < 4.78 is 27.7. The molecule has 0 aromatic heterocycles. The predicted molar refractivity (Wildman–Crippen MR) is 129 cm³/mol. The fourth-order valence-corrected chi connectivity index (χ4v) is 4.85. The summed E-state index contributed by atoms with van der Waals surface area (Å²) in [7, 11) is -4.08. The van der Waals surface area contributed by atoms with Crippen LogP contribution in [0.15, 0.2) is 76.7 Å². The van der Waals surface area contributed by atoms with Crippen LogP contribution in [-0.2, 0) is 14.8 Å². The van der Waals surface area contributed by atoms with Crippen LogP contribution < -0.4 is 9.73 Å². The van der Waals surface area contributed by atoms with Gasteiger partial charge in [-0.2, -0.15) is 5.10 Å².